The van der Waals surface area contributed by atoms with Gasteiger partial charge in [-0.15, -0.1) is 0 Å². The van der Waals surface area contributed by atoms with Crippen LogP contribution in [0.25, 0.3) is 33.9 Å². The first kappa shape index (κ1) is 31.8. The number of aromatic hydroxyl groups is 1. The van der Waals surface area contributed by atoms with Crippen LogP contribution >= 0.6 is 0 Å². The second-order valence-electron chi connectivity index (χ2n) is 12.9. The van der Waals surface area contributed by atoms with Crippen molar-refractivity contribution in [3.05, 3.63) is 135 Å². The van der Waals surface area contributed by atoms with Gasteiger partial charge < -0.3 is 0 Å². The van der Waals surface area contributed by atoms with Crippen molar-refractivity contribution in [1.82, 2.24) is 18.7 Å². The van der Waals surface area contributed by atoms with E-state index in [9.17, 15) is 5.11 Å². The Kier molecular flexibility index (Phi) is 9.15. The molecule has 0 radical (unpaired) electrons. The molecular weight excluding hydrogens is 748 g/mol. The monoisotopic (exact) mass is 789 g/mol. The number of rotatable bonds is 9. The van der Waals surface area contributed by atoms with Crippen LogP contribution in [0.3, 0.4) is 0 Å². The van der Waals surface area contributed by atoms with E-state index >= 15 is 0 Å². The Balaban J connectivity index is 1.30. The molecule has 0 spiro atoms. The van der Waals surface area contributed by atoms with Crippen LogP contribution in [-0.2, 0) is 32.3 Å². The minimum atomic E-state index is 0.258. The topological polar surface area (TPSA) is 47.9 Å². The number of aryl methyl sites for hydroxylation is 4. The average molecular weight is 790 g/mol. The number of imidazole rings is 2. The zero-order valence-electron chi connectivity index (χ0n) is 27.4. The Morgan fingerprint density at radius 2 is 1.39 bits per heavy atom. The molecule has 5 nitrogen and oxygen atoms in total. The van der Waals surface area contributed by atoms with Crippen LogP contribution < -0.4 is 0 Å². The zero-order chi connectivity index (χ0) is 32.5. The molecule has 2 aromatic heterocycles. The average Bonchev–Trinajstić information content (AvgIpc) is 3.63. The molecule has 0 aliphatic heterocycles. The molecule has 2 heterocycles. The summed E-state index contributed by atoms with van der Waals surface area (Å²) in [5, 5.41) is 11.0. The van der Waals surface area contributed by atoms with Crippen molar-refractivity contribution in [1.29, 1.82) is 0 Å². The van der Waals surface area contributed by atoms with Gasteiger partial charge in [-0.25, -0.2) is 0 Å². The summed E-state index contributed by atoms with van der Waals surface area (Å²) in [5.74, 6) is 2.08. The van der Waals surface area contributed by atoms with E-state index in [0.717, 1.165) is 50.8 Å². The van der Waals surface area contributed by atoms with E-state index in [0.29, 0.717) is 11.8 Å². The van der Waals surface area contributed by atoms with Crippen LogP contribution in [0.2, 0.25) is 0 Å². The van der Waals surface area contributed by atoms with Crippen molar-refractivity contribution in [2.45, 2.75) is 66.3 Å². The second-order valence-corrected chi connectivity index (χ2v) is 13.9. The van der Waals surface area contributed by atoms with E-state index in [2.05, 4.69) is 154 Å². The summed E-state index contributed by atoms with van der Waals surface area (Å²) in [6.07, 6.45) is 7.07. The molecular formula is C40H42N4OPt. The van der Waals surface area contributed by atoms with Crippen molar-refractivity contribution in [3.8, 4) is 39.6 Å². The van der Waals surface area contributed by atoms with Gasteiger partial charge >= 0.3 is 284 Å². The molecule has 4 aromatic carbocycles. The van der Waals surface area contributed by atoms with Crippen LogP contribution in [0.15, 0.2) is 104 Å². The van der Waals surface area contributed by atoms with Crippen molar-refractivity contribution in [2.24, 2.45) is 0 Å². The summed E-state index contributed by atoms with van der Waals surface area (Å²) < 4.78 is 7.53. The molecule has 46 heavy (non-hydrogen) atoms. The maximum atomic E-state index is 11.0. The minimum absolute atomic E-state index is 0.258. The predicted octanol–water partition coefficient (Wildman–Crippen LogP) is 9.69. The Hall–Kier alpha value is -4.21. The van der Waals surface area contributed by atoms with E-state index in [1.807, 2.05) is 24.4 Å². The first-order valence-electron chi connectivity index (χ1n) is 16.0. The second kappa shape index (κ2) is 13.3. The molecule has 6 rings (SSSR count). The first-order valence-corrected chi connectivity index (χ1v) is 17.1. The van der Waals surface area contributed by atoms with Gasteiger partial charge in [0.05, 0.1) is 0 Å². The molecule has 0 amide bonds. The number of hydrogen-bond donors (Lipinski definition) is 1. The fraction of sp³-hybridized carbons (Fsp3) is 0.250. The molecule has 1 N–H and O–H groups in total. The van der Waals surface area contributed by atoms with E-state index in [1.54, 1.807) is 0 Å². The predicted molar refractivity (Wildman–Crippen MR) is 184 cm³/mol. The number of phenols is 1. The van der Waals surface area contributed by atoms with Crippen molar-refractivity contribution in [3.63, 3.8) is 0 Å². The van der Waals surface area contributed by atoms with E-state index < -0.39 is 0 Å². The number of aromatic nitrogens is 4. The van der Waals surface area contributed by atoms with Gasteiger partial charge in [0.2, 0.25) is 0 Å². The van der Waals surface area contributed by atoms with Gasteiger partial charge in [-0.3, -0.25) is 0 Å². The third-order valence-corrected chi connectivity index (χ3v) is 9.76. The molecule has 0 aliphatic rings. The fourth-order valence-electron chi connectivity index (χ4n) is 6.00. The molecule has 238 valence electrons. The Morgan fingerprint density at radius 1 is 0.717 bits per heavy atom. The van der Waals surface area contributed by atoms with Crippen LogP contribution in [0, 0.1) is 17.7 Å². The normalized spacial score (nSPS) is 11.6. The fourth-order valence-corrected chi connectivity index (χ4v) is 6.87. The zero-order valence-corrected chi connectivity index (χ0v) is 29.7. The van der Waals surface area contributed by atoms with E-state index in [-0.39, 0.29) is 5.75 Å². The molecule has 0 aliphatic carbocycles. The Bertz CT molecular complexity index is 2020. The van der Waals surface area contributed by atoms with Crippen molar-refractivity contribution < 1.29 is 24.5 Å². The summed E-state index contributed by atoms with van der Waals surface area (Å²) in [7, 11) is 0. The molecule has 0 saturated heterocycles. The molecule has 0 atom stereocenters. The molecule has 0 unspecified atom stereocenters. The summed E-state index contributed by atoms with van der Waals surface area (Å²) in [6.45, 7) is 14.0. The molecule has 6 aromatic rings. The summed E-state index contributed by atoms with van der Waals surface area (Å²) in [5.41, 5.74) is 11.4. The van der Waals surface area contributed by atoms with E-state index in [1.165, 1.54) is 27.8 Å². The van der Waals surface area contributed by atoms with Gasteiger partial charge in [0.1, 0.15) is 0 Å². The number of phenolic OH excluding ortho intramolecular Hbond substituents is 1. The van der Waals surface area contributed by atoms with Gasteiger partial charge in [-0.2, -0.15) is 0 Å². The number of nitrogens with zero attached hydrogens (tertiary/aromatic N) is 4. The SMILES string of the molecule is Cc1cc(C)cc(-n2cc(CCn3ccn(-c4cc(-c5cc(C(C)C)cc(C(C)C)c5)ccc4O)[c]3=[Pt])nc2-c2ccccc2)c1. The van der Waals surface area contributed by atoms with Gasteiger partial charge in [0, 0.05) is 0 Å². The van der Waals surface area contributed by atoms with Crippen LogP contribution in [0.4, 0.5) is 0 Å². The van der Waals surface area contributed by atoms with Gasteiger partial charge in [-0.05, 0) is 0 Å². The van der Waals surface area contributed by atoms with Gasteiger partial charge in [0.25, 0.3) is 0 Å². The summed E-state index contributed by atoms with van der Waals surface area (Å²) in [4.78, 5) is 5.12. The van der Waals surface area contributed by atoms with Crippen LogP contribution in [0.5, 0.6) is 5.75 Å². The Morgan fingerprint density at radius 3 is 2.04 bits per heavy atom. The summed E-state index contributed by atoms with van der Waals surface area (Å²) >= 11 is 2.36. The molecule has 0 fully saturated rings. The van der Waals surface area contributed by atoms with E-state index in [4.69, 9.17) is 4.98 Å². The maximum absolute atomic E-state index is 11.0. The molecule has 0 saturated carbocycles. The third kappa shape index (κ3) is 6.66. The molecule has 0 bridgehead atoms. The summed E-state index contributed by atoms with van der Waals surface area (Å²) in [6, 6.07) is 29.9. The molecule has 6 heteroatoms. The van der Waals surface area contributed by atoms with Crippen molar-refractivity contribution in [2.75, 3.05) is 0 Å². The van der Waals surface area contributed by atoms with Crippen molar-refractivity contribution >= 4 is 0 Å². The number of benzene rings is 4. The van der Waals surface area contributed by atoms with Crippen LogP contribution in [-0.4, -0.2) is 23.8 Å². The van der Waals surface area contributed by atoms with Gasteiger partial charge in [0.15, 0.2) is 0 Å². The van der Waals surface area contributed by atoms with Crippen LogP contribution in [0.1, 0.15) is 67.5 Å². The third-order valence-electron chi connectivity index (χ3n) is 8.56. The van der Waals surface area contributed by atoms with Gasteiger partial charge in [-0.1, -0.05) is 0 Å². The first-order chi connectivity index (χ1) is 22.1. The quantitative estimate of drug-likeness (QED) is 0.159. The standard InChI is InChI=1S/C40H42N4O.Pt/c1-27(2)33-21-34(28(3)4)23-35(22-33)32-12-13-39(45)38(24-32)43-17-16-42(26-43)15-14-36-25-44(37-19-29(5)18-30(6)20-37)40(41-36)31-10-8-7-9-11-31;/h7-13,16-25,27-28,45H,14-15H2,1-6H3;. The Labute approximate surface area is 283 Å². The number of hydrogen-bond acceptors (Lipinski definition) is 2.